The van der Waals surface area contributed by atoms with E-state index in [1.165, 1.54) is 37.4 Å². The second-order valence-electron chi connectivity index (χ2n) is 9.56. The van der Waals surface area contributed by atoms with E-state index in [1.807, 2.05) is 0 Å². The Bertz CT molecular complexity index is 1570. The van der Waals surface area contributed by atoms with Crippen molar-refractivity contribution in [1.82, 2.24) is 0 Å². The fraction of sp³-hybridized carbons (Fsp3) is 0.214. The van der Waals surface area contributed by atoms with Crippen LogP contribution in [0.2, 0.25) is 0 Å². The van der Waals surface area contributed by atoms with Gasteiger partial charge in [0.1, 0.15) is 22.8 Å². The number of carbonyl (C=O) groups is 4. The summed E-state index contributed by atoms with van der Waals surface area (Å²) in [4.78, 5) is 50.5. The first-order valence-corrected chi connectivity index (χ1v) is 11.8. The number of fused-ring (bicyclic) bond motifs is 3. The first kappa shape index (κ1) is 25.9. The summed E-state index contributed by atoms with van der Waals surface area (Å²) in [7, 11) is 1.24. The quantitative estimate of drug-likeness (QED) is 0.247. The van der Waals surface area contributed by atoms with Crippen molar-refractivity contribution >= 4 is 35.1 Å². The van der Waals surface area contributed by atoms with E-state index < -0.39 is 81.8 Å². The van der Waals surface area contributed by atoms with Crippen molar-refractivity contribution in [2.75, 3.05) is 7.11 Å². The largest absolute Gasteiger partial charge is 0.511 e. The third-order valence-electron chi connectivity index (χ3n) is 7.55. The SMILES string of the molecule is COC(=O)c1ccc(/C=C2\c3cccc(O)c3C(=O)C3=C(O)C4(O)C(=O)C(C(N)=O)=C(O)CC4C(O)C32)cc1. The van der Waals surface area contributed by atoms with Crippen molar-refractivity contribution in [3.05, 3.63) is 87.4 Å². The van der Waals surface area contributed by atoms with Crippen LogP contribution in [0.25, 0.3) is 11.6 Å². The number of aliphatic hydroxyl groups excluding tert-OH is 3. The molecule has 2 aromatic carbocycles. The number of phenols is 1. The van der Waals surface area contributed by atoms with Crippen LogP contribution in [-0.2, 0) is 14.3 Å². The number of Topliss-reactive ketones (excluding diaryl/α,β-unsaturated/α-hetero) is 2. The van der Waals surface area contributed by atoms with E-state index in [4.69, 9.17) is 10.5 Å². The van der Waals surface area contributed by atoms with Gasteiger partial charge in [-0.05, 0) is 34.9 Å². The number of amides is 1. The van der Waals surface area contributed by atoms with Crippen LogP contribution in [0.3, 0.4) is 0 Å². The number of ether oxygens (including phenoxy) is 1. The summed E-state index contributed by atoms with van der Waals surface area (Å²) in [6.07, 6.45) is -0.758. The van der Waals surface area contributed by atoms with E-state index in [9.17, 15) is 44.7 Å². The Morgan fingerprint density at radius 3 is 2.36 bits per heavy atom. The van der Waals surface area contributed by atoms with Gasteiger partial charge in [0.2, 0.25) is 5.78 Å². The van der Waals surface area contributed by atoms with Gasteiger partial charge in [0.15, 0.2) is 11.4 Å². The fourth-order valence-electron chi connectivity index (χ4n) is 5.70. The molecular weight excluding hydrogens is 510 g/mol. The Hall–Kier alpha value is -4.74. The van der Waals surface area contributed by atoms with E-state index in [-0.39, 0.29) is 22.3 Å². The monoisotopic (exact) mass is 533 g/mol. The molecule has 7 N–H and O–H groups in total. The molecule has 0 heterocycles. The molecule has 0 aliphatic heterocycles. The van der Waals surface area contributed by atoms with Gasteiger partial charge in [-0.1, -0.05) is 30.3 Å². The zero-order chi connectivity index (χ0) is 28.4. The lowest BCUT2D eigenvalue weighted by Crippen LogP contribution is -2.62. The number of hydrogen-bond donors (Lipinski definition) is 6. The van der Waals surface area contributed by atoms with Crippen LogP contribution in [-0.4, -0.2) is 67.8 Å². The molecule has 4 atom stereocenters. The number of carbonyl (C=O) groups excluding carboxylic acids is 4. The van der Waals surface area contributed by atoms with Crippen LogP contribution in [0.4, 0.5) is 0 Å². The third-order valence-corrected chi connectivity index (χ3v) is 7.55. The minimum absolute atomic E-state index is 0.225. The van der Waals surface area contributed by atoms with Gasteiger partial charge in [-0.25, -0.2) is 4.79 Å². The van der Waals surface area contributed by atoms with Crippen molar-refractivity contribution in [2.24, 2.45) is 17.6 Å². The maximum Gasteiger partial charge on any atom is 0.337 e. The summed E-state index contributed by atoms with van der Waals surface area (Å²) >= 11 is 0. The number of primary amides is 1. The molecular formula is C28H23NO10. The first-order valence-electron chi connectivity index (χ1n) is 11.8. The first-order chi connectivity index (χ1) is 18.4. The van der Waals surface area contributed by atoms with Crippen molar-refractivity contribution in [1.29, 1.82) is 0 Å². The highest BCUT2D eigenvalue weighted by Crippen LogP contribution is 2.55. The van der Waals surface area contributed by atoms with Crippen LogP contribution in [0.15, 0.2) is 65.1 Å². The van der Waals surface area contributed by atoms with Crippen molar-refractivity contribution in [2.45, 2.75) is 18.1 Å². The number of ketones is 2. The molecule has 2 aromatic rings. The molecule has 11 heteroatoms. The smallest absolute Gasteiger partial charge is 0.337 e. The molecule has 39 heavy (non-hydrogen) atoms. The van der Waals surface area contributed by atoms with Crippen LogP contribution in [0.1, 0.15) is 38.3 Å². The van der Waals surface area contributed by atoms with E-state index in [1.54, 1.807) is 18.2 Å². The number of benzene rings is 2. The molecule has 0 saturated carbocycles. The lowest BCUT2D eigenvalue weighted by molar-refractivity contribution is -0.152. The molecule has 3 aliphatic carbocycles. The topological polar surface area (TPSA) is 205 Å². The van der Waals surface area contributed by atoms with Gasteiger partial charge in [0.05, 0.1) is 29.9 Å². The maximum atomic E-state index is 13.6. The number of nitrogens with two attached hydrogens (primary N) is 1. The Morgan fingerprint density at radius 1 is 1.08 bits per heavy atom. The van der Waals surface area contributed by atoms with E-state index in [0.717, 1.165) is 0 Å². The van der Waals surface area contributed by atoms with Gasteiger partial charge < -0.3 is 36.0 Å². The van der Waals surface area contributed by atoms with Gasteiger partial charge in [0, 0.05) is 18.3 Å². The summed E-state index contributed by atoms with van der Waals surface area (Å²) in [5, 5.41) is 55.2. The predicted octanol–water partition coefficient (Wildman–Crippen LogP) is 1.34. The highest BCUT2D eigenvalue weighted by Gasteiger charge is 2.63. The minimum Gasteiger partial charge on any atom is -0.511 e. The molecule has 3 aliphatic rings. The van der Waals surface area contributed by atoms with Crippen LogP contribution in [0, 0.1) is 11.8 Å². The third kappa shape index (κ3) is 3.58. The van der Waals surface area contributed by atoms with E-state index in [2.05, 4.69) is 0 Å². The number of aliphatic hydroxyl groups is 4. The van der Waals surface area contributed by atoms with E-state index in [0.29, 0.717) is 5.56 Å². The molecule has 1 amide bonds. The van der Waals surface area contributed by atoms with E-state index >= 15 is 0 Å². The molecule has 0 fully saturated rings. The zero-order valence-corrected chi connectivity index (χ0v) is 20.4. The summed E-state index contributed by atoms with van der Waals surface area (Å²) in [6, 6.07) is 10.4. The predicted molar refractivity (Wildman–Crippen MR) is 134 cm³/mol. The molecule has 0 saturated heterocycles. The number of allylic oxidation sites excluding steroid dienone is 1. The standard InChI is InChI=1S/C28H23NO10/c1-39-27(37)12-7-5-11(6-8-12)9-14-13-3-2-4-16(30)18(13)23(33)21-19(14)22(32)15-10-17(31)20(26(29)36)24(34)28(15,38)25(21)35/h2-9,15,19,22,30-32,35,38H,10H2,1H3,(H2,29,36)/b14-9+. The van der Waals surface area contributed by atoms with Crippen molar-refractivity contribution in [3.63, 3.8) is 0 Å². The second kappa shape index (κ2) is 8.93. The van der Waals surface area contributed by atoms with Crippen LogP contribution < -0.4 is 5.73 Å². The number of rotatable bonds is 3. The summed E-state index contributed by atoms with van der Waals surface area (Å²) in [6.45, 7) is 0. The van der Waals surface area contributed by atoms with Crippen molar-refractivity contribution in [3.8, 4) is 5.75 Å². The Kier molecular flexibility index (Phi) is 5.93. The number of methoxy groups -OCH3 is 1. The summed E-state index contributed by atoms with van der Waals surface area (Å²) < 4.78 is 4.70. The number of aromatic hydroxyl groups is 1. The lowest BCUT2D eigenvalue weighted by Gasteiger charge is -2.49. The normalized spacial score (nSPS) is 27.2. The fourth-order valence-corrected chi connectivity index (χ4v) is 5.70. The molecule has 4 unspecified atom stereocenters. The summed E-state index contributed by atoms with van der Waals surface area (Å²) in [5.41, 5.74) is 1.79. The van der Waals surface area contributed by atoms with Gasteiger partial charge in [-0.2, -0.15) is 0 Å². The number of phenolic OH excluding ortho intramolecular Hbond substituents is 1. The molecule has 0 spiro atoms. The maximum absolute atomic E-state index is 13.6. The minimum atomic E-state index is -2.94. The Labute approximate surface area is 220 Å². The van der Waals surface area contributed by atoms with Gasteiger partial charge in [-0.15, -0.1) is 0 Å². The zero-order valence-electron chi connectivity index (χ0n) is 20.4. The molecule has 0 bridgehead atoms. The summed E-state index contributed by atoms with van der Waals surface area (Å²) in [5.74, 6) is -9.49. The number of esters is 1. The average molecular weight is 533 g/mol. The van der Waals surface area contributed by atoms with Crippen LogP contribution in [0.5, 0.6) is 5.75 Å². The molecule has 11 nitrogen and oxygen atoms in total. The van der Waals surface area contributed by atoms with Gasteiger partial charge in [0.25, 0.3) is 5.91 Å². The molecule has 0 aromatic heterocycles. The Morgan fingerprint density at radius 2 is 1.74 bits per heavy atom. The average Bonchev–Trinajstić information content (AvgIpc) is 2.90. The highest BCUT2D eigenvalue weighted by atomic mass is 16.5. The second-order valence-corrected chi connectivity index (χ2v) is 9.56. The van der Waals surface area contributed by atoms with Gasteiger partial charge >= 0.3 is 5.97 Å². The molecule has 200 valence electrons. The lowest BCUT2D eigenvalue weighted by atomic mass is 9.57. The highest BCUT2D eigenvalue weighted by molar-refractivity contribution is 6.25. The number of hydrogen-bond acceptors (Lipinski definition) is 10. The molecule has 5 rings (SSSR count). The van der Waals surface area contributed by atoms with Crippen LogP contribution >= 0.6 is 0 Å². The Balaban J connectivity index is 1.76. The van der Waals surface area contributed by atoms with Crippen molar-refractivity contribution < 1.29 is 49.4 Å². The molecule has 0 radical (unpaired) electrons. The van der Waals surface area contributed by atoms with Gasteiger partial charge in [-0.3, -0.25) is 14.4 Å².